The molecule has 7 heteroatoms. The summed E-state index contributed by atoms with van der Waals surface area (Å²) in [6.07, 6.45) is 3.42. The molecule has 1 aromatic heterocycles. The Labute approximate surface area is 162 Å². The number of hydrogen-bond donors (Lipinski definition) is 1. The van der Waals surface area contributed by atoms with Gasteiger partial charge in [0.25, 0.3) is 0 Å². The molecule has 2 fully saturated rings. The molecular weight excluding hydrogens is 368 g/mol. The van der Waals surface area contributed by atoms with Crippen LogP contribution in [0.25, 0.3) is 11.0 Å². The minimum Gasteiger partial charge on any atom is -0.464 e. The number of piperidine rings is 1. The lowest BCUT2D eigenvalue weighted by Crippen LogP contribution is -2.58. The molecule has 1 spiro atoms. The molecule has 2 amide bonds. The van der Waals surface area contributed by atoms with Gasteiger partial charge in [-0.2, -0.15) is 0 Å². The van der Waals surface area contributed by atoms with Crippen molar-refractivity contribution in [3.05, 3.63) is 34.0 Å². The molecule has 4 rings (SSSR count). The van der Waals surface area contributed by atoms with E-state index in [1.807, 2.05) is 24.8 Å². The Morgan fingerprint density at radius 1 is 1.33 bits per heavy atom. The molecule has 1 aromatic carbocycles. The zero-order chi connectivity index (χ0) is 19.2. The van der Waals surface area contributed by atoms with Crippen LogP contribution in [0.5, 0.6) is 0 Å². The molecule has 0 unspecified atom stereocenters. The van der Waals surface area contributed by atoms with Gasteiger partial charge in [-0.1, -0.05) is 11.6 Å². The number of fused-ring (bicyclic) bond motifs is 1. The molecule has 3 heterocycles. The van der Waals surface area contributed by atoms with E-state index >= 15 is 0 Å². The molecule has 6 nitrogen and oxygen atoms in total. The van der Waals surface area contributed by atoms with Crippen LogP contribution in [-0.2, 0) is 20.7 Å². The molecule has 2 aliphatic heterocycles. The quantitative estimate of drug-likeness (QED) is 0.855. The molecule has 0 aliphatic carbocycles. The zero-order valence-corrected chi connectivity index (χ0v) is 16.3. The van der Waals surface area contributed by atoms with Gasteiger partial charge in [-0.05, 0) is 43.9 Å². The van der Waals surface area contributed by atoms with Crippen molar-refractivity contribution < 1.29 is 18.7 Å². The summed E-state index contributed by atoms with van der Waals surface area (Å²) in [7, 11) is 0. The van der Waals surface area contributed by atoms with Gasteiger partial charge in [-0.15, -0.1) is 0 Å². The highest BCUT2D eigenvalue weighted by Crippen LogP contribution is 2.33. The Morgan fingerprint density at radius 2 is 2.07 bits per heavy atom. The standard InChI is InChI=1S/C20H23ClN2O4/c1-12-7-15-18(13(2)19(12)21)14(9-26-15)8-17(25)23-5-3-20(4-6-23)11-22-16(24)10-27-20/h7,9H,3-6,8,10-11H2,1-2H3,(H,22,24). The number of aryl methyl sites for hydroxylation is 2. The highest BCUT2D eigenvalue weighted by Gasteiger charge is 2.39. The first-order valence-electron chi connectivity index (χ1n) is 9.23. The predicted molar refractivity (Wildman–Crippen MR) is 102 cm³/mol. The minimum atomic E-state index is -0.325. The number of nitrogens with one attached hydrogen (secondary N) is 1. The molecule has 0 radical (unpaired) electrons. The lowest BCUT2D eigenvalue weighted by atomic mass is 9.89. The summed E-state index contributed by atoms with van der Waals surface area (Å²) in [4.78, 5) is 26.0. The predicted octanol–water partition coefficient (Wildman–Crippen LogP) is 2.75. The van der Waals surface area contributed by atoms with Crippen molar-refractivity contribution in [2.24, 2.45) is 0 Å². The third kappa shape index (κ3) is 3.32. The minimum absolute atomic E-state index is 0.0727. The van der Waals surface area contributed by atoms with Gasteiger partial charge in [0.05, 0.1) is 18.3 Å². The second kappa shape index (κ2) is 6.84. The van der Waals surface area contributed by atoms with Gasteiger partial charge < -0.3 is 19.4 Å². The van der Waals surface area contributed by atoms with Crippen molar-refractivity contribution in [3.63, 3.8) is 0 Å². The lowest BCUT2D eigenvalue weighted by Gasteiger charge is -2.43. The molecule has 0 bridgehead atoms. The van der Waals surface area contributed by atoms with E-state index in [1.165, 1.54) is 0 Å². The van der Waals surface area contributed by atoms with Crippen molar-refractivity contribution in [2.75, 3.05) is 26.2 Å². The fourth-order valence-electron chi connectivity index (χ4n) is 4.08. The van der Waals surface area contributed by atoms with Crippen LogP contribution < -0.4 is 5.32 Å². The molecule has 2 aromatic rings. The maximum Gasteiger partial charge on any atom is 0.246 e. The van der Waals surface area contributed by atoms with Gasteiger partial charge >= 0.3 is 0 Å². The fourth-order valence-corrected chi connectivity index (χ4v) is 4.23. The van der Waals surface area contributed by atoms with E-state index < -0.39 is 0 Å². The fraction of sp³-hybridized carbons (Fsp3) is 0.500. The number of nitrogens with zero attached hydrogens (tertiary/aromatic N) is 1. The first kappa shape index (κ1) is 18.3. The van der Waals surface area contributed by atoms with E-state index in [-0.39, 0.29) is 30.4 Å². The molecule has 2 saturated heterocycles. The van der Waals surface area contributed by atoms with Gasteiger partial charge in [-0.25, -0.2) is 0 Å². The summed E-state index contributed by atoms with van der Waals surface area (Å²) >= 11 is 6.38. The van der Waals surface area contributed by atoms with E-state index in [9.17, 15) is 9.59 Å². The number of hydrogen-bond acceptors (Lipinski definition) is 4. The highest BCUT2D eigenvalue weighted by molar-refractivity contribution is 6.33. The first-order chi connectivity index (χ1) is 12.9. The second-order valence-electron chi connectivity index (χ2n) is 7.57. The van der Waals surface area contributed by atoms with Crippen molar-refractivity contribution in [3.8, 4) is 0 Å². The molecule has 0 atom stereocenters. The van der Waals surface area contributed by atoms with Crippen LogP contribution in [0.3, 0.4) is 0 Å². The number of benzene rings is 1. The summed E-state index contributed by atoms with van der Waals surface area (Å²) in [5, 5.41) is 4.52. The number of carbonyl (C=O) groups excluding carboxylic acids is 2. The smallest absolute Gasteiger partial charge is 0.246 e. The zero-order valence-electron chi connectivity index (χ0n) is 15.6. The van der Waals surface area contributed by atoms with Crippen LogP contribution >= 0.6 is 11.6 Å². The van der Waals surface area contributed by atoms with E-state index in [0.717, 1.165) is 40.5 Å². The van der Waals surface area contributed by atoms with Crippen molar-refractivity contribution >= 4 is 34.4 Å². The summed E-state index contributed by atoms with van der Waals surface area (Å²) in [5.41, 5.74) is 3.23. The van der Waals surface area contributed by atoms with Crippen LogP contribution in [0.15, 0.2) is 16.7 Å². The number of ether oxygens (including phenoxy) is 1. The Morgan fingerprint density at radius 3 is 2.74 bits per heavy atom. The average molecular weight is 391 g/mol. The second-order valence-corrected chi connectivity index (χ2v) is 7.95. The van der Waals surface area contributed by atoms with Crippen LogP contribution in [0.4, 0.5) is 0 Å². The third-order valence-corrected chi connectivity index (χ3v) is 6.36. The summed E-state index contributed by atoms with van der Waals surface area (Å²) in [6.45, 7) is 5.79. The van der Waals surface area contributed by atoms with Gasteiger partial charge in [0.2, 0.25) is 11.8 Å². The van der Waals surface area contributed by atoms with Crippen molar-refractivity contribution in [1.29, 1.82) is 0 Å². The Hall–Kier alpha value is -2.05. The Balaban J connectivity index is 1.45. The number of amides is 2. The molecule has 1 N–H and O–H groups in total. The van der Waals surface area contributed by atoms with E-state index in [0.29, 0.717) is 24.7 Å². The number of halogens is 1. The summed E-state index contributed by atoms with van der Waals surface area (Å²) in [6, 6.07) is 1.91. The third-order valence-electron chi connectivity index (χ3n) is 5.78. The monoisotopic (exact) mass is 390 g/mol. The van der Waals surface area contributed by atoms with Gasteiger partial charge in [0, 0.05) is 35.6 Å². The maximum absolute atomic E-state index is 12.8. The number of carbonyl (C=O) groups is 2. The van der Waals surface area contributed by atoms with E-state index in [2.05, 4.69) is 5.32 Å². The number of rotatable bonds is 2. The highest BCUT2D eigenvalue weighted by atomic mass is 35.5. The van der Waals surface area contributed by atoms with Crippen LogP contribution in [-0.4, -0.2) is 48.6 Å². The molecule has 144 valence electrons. The molecule has 27 heavy (non-hydrogen) atoms. The normalized spacial score (nSPS) is 19.5. The number of morpholine rings is 1. The van der Waals surface area contributed by atoms with Gasteiger partial charge in [-0.3, -0.25) is 9.59 Å². The maximum atomic E-state index is 12.8. The van der Waals surface area contributed by atoms with Crippen LogP contribution in [0, 0.1) is 13.8 Å². The van der Waals surface area contributed by atoms with E-state index in [4.69, 9.17) is 20.8 Å². The molecule has 2 aliphatic rings. The van der Waals surface area contributed by atoms with Crippen LogP contribution in [0.1, 0.15) is 29.5 Å². The van der Waals surface area contributed by atoms with E-state index in [1.54, 1.807) is 6.26 Å². The SMILES string of the molecule is Cc1cc2occ(CC(=O)N3CCC4(CC3)CNC(=O)CO4)c2c(C)c1Cl. The van der Waals surface area contributed by atoms with Gasteiger partial charge in [0.15, 0.2) is 0 Å². The Kier molecular flexibility index (Phi) is 4.64. The number of furan rings is 1. The van der Waals surface area contributed by atoms with Crippen LogP contribution in [0.2, 0.25) is 5.02 Å². The average Bonchev–Trinajstić information content (AvgIpc) is 3.05. The van der Waals surface area contributed by atoms with Gasteiger partial charge in [0.1, 0.15) is 12.2 Å². The molecule has 0 saturated carbocycles. The summed E-state index contributed by atoms with van der Waals surface area (Å²) < 4.78 is 11.4. The Bertz CT molecular complexity index is 900. The number of likely N-dealkylation sites (tertiary alicyclic amines) is 1. The lowest BCUT2D eigenvalue weighted by molar-refractivity contribution is -0.154. The topological polar surface area (TPSA) is 71.8 Å². The largest absolute Gasteiger partial charge is 0.464 e. The first-order valence-corrected chi connectivity index (χ1v) is 9.60. The van der Waals surface area contributed by atoms with Crippen molar-refractivity contribution in [1.82, 2.24) is 10.2 Å². The van der Waals surface area contributed by atoms with Crippen molar-refractivity contribution in [2.45, 2.75) is 38.7 Å². The summed E-state index contributed by atoms with van der Waals surface area (Å²) in [5.74, 6) is -0.00118. The molecular formula is C20H23ClN2O4.